The normalized spacial score (nSPS) is 10.1. The number of aryl methyl sites for hydroxylation is 1. The number of nitrogens with zero attached hydrogens (tertiary/aromatic N) is 1. The van der Waals surface area contributed by atoms with E-state index in [-0.39, 0.29) is 0 Å². The molecule has 3 nitrogen and oxygen atoms in total. The summed E-state index contributed by atoms with van der Waals surface area (Å²) in [5.41, 5.74) is 8.44. The van der Waals surface area contributed by atoms with Crippen molar-refractivity contribution in [3.63, 3.8) is 0 Å². The minimum Gasteiger partial charge on any atom is -0.397 e. The smallest absolute Gasteiger partial charge is 0.130 e. The van der Waals surface area contributed by atoms with E-state index in [0.717, 1.165) is 16.0 Å². The van der Waals surface area contributed by atoms with Gasteiger partial charge in [0.05, 0.1) is 11.9 Å². The van der Waals surface area contributed by atoms with E-state index in [0.29, 0.717) is 5.69 Å². The maximum Gasteiger partial charge on any atom is 0.130 e. The first-order valence-electron chi connectivity index (χ1n) is 4.90. The Morgan fingerprint density at radius 1 is 1.25 bits per heavy atom. The van der Waals surface area contributed by atoms with E-state index in [2.05, 4.69) is 26.2 Å². The second-order valence-corrected chi connectivity index (χ2v) is 4.48. The maximum atomic E-state index is 5.58. The largest absolute Gasteiger partial charge is 0.397 e. The molecule has 0 aliphatic carbocycles. The van der Waals surface area contributed by atoms with Crippen LogP contribution in [0.2, 0.25) is 0 Å². The standard InChI is InChI=1S/C12H12BrN3/c1-8-2-3-9(13)6-11(8)16-12-5-4-10(14)7-15-12/h2-7H,14H2,1H3,(H,15,16). The average Bonchev–Trinajstić information content (AvgIpc) is 2.27. The first kappa shape index (κ1) is 11.0. The van der Waals surface area contributed by atoms with Gasteiger partial charge in [-0.05, 0) is 36.8 Å². The molecule has 0 spiro atoms. The van der Waals surface area contributed by atoms with Gasteiger partial charge in [0.25, 0.3) is 0 Å². The highest BCUT2D eigenvalue weighted by Gasteiger charge is 2.00. The highest BCUT2D eigenvalue weighted by Crippen LogP contribution is 2.23. The molecule has 1 heterocycles. The summed E-state index contributed by atoms with van der Waals surface area (Å²) < 4.78 is 1.04. The molecule has 0 amide bonds. The Hall–Kier alpha value is -1.55. The lowest BCUT2D eigenvalue weighted by Crippen LogP contribution is -1.96. The first-order valence-corrected chi connectivity index (χ1v) is 5.69. The Morgan fingerprint density at radius 2 is 2.06 bits per heavy atom. The molecule has 0 unspecified atom stereocenters. The number of anilines is 3. The van der Waals surface area contributed by atoms with Crippen LogP contribution in [-0.2, 0) is 0 Å². The highest BCUT2D eigenvalue weighted by atomic mass is 79.9. The number of hydrogen-bond acceptors (Lipinski definition) is 3. The summed E-state index contributed by atoms with van der Waals surface area (Å²) in [7, 11) is 0. The number of nitrogen functional groups attached to an aromatic ring is 1. The topological polar surface area (TPSA) is 50.9 Å². The van der Waals surface area contributed by atoms with Crippen molar-refractivity contribution < 1.29 is 0 Å². The van der Waals surface area contributed by atoms with Crippen molar-refractivity contribution in [1.82, 2.24) is 4.98 Å². The van der Waals surface area contributed by atoms with E-state index < -0.39 is 0 Å². The Bertz CT molecular complexity index is 494. The molecule has 0 saturated heterocycles. The van der Waals surface area contributed by atoms with E-state index >= 15 is 0 Å². The van der Waals surface area contributed by atoms with Crippen molar-refractivity contribution in [2.75, 3.05) is 11.1 Å². The fourth-order valence-electron chi connectivity index (χ4n) is 1.35. The number of halogens is 1. The molecule has 3 N–H and O–H groups in total. The number of hydrogen-bond donors (Lipinski definition) is 2. The number of nitrogens with one attached hydrogen (secondary N) is 1. The molecule has 16 heavy (non-hydrogen) atoms. The zero-order valence-electron chi connectivity index (χ0n) is 8.87. The van der Waals surface area contributed by atoms with Crippen LogP contribution < -0.4 is 11.1 Å². The van der Waals surface area contributed by atoms with Crippen molar-refractivity contribution in [1.29, 1.82) is 0 Å². The van der Waals surface area contributed by atoms with Crippen LogP contribution >= 0.6 is 15.9 Å². The monoisotopic (exact) mass is 277 g/mol. The lowest BCUT2D eigenvalue weighted by molar-refractivity contribution is 1.30. The van der Waals surface area contributed by atoms with E-state index in [1.54, 1.807) is 6.20 Å². The molecule has 0 radical (unpaired) electrons. The Balaban J connectivity index is 2.26. The molecule has 0 aliphatic rings. The Labute approximate surface area is 103 Å². The third-order valence-electron chi connectivity index (χ3n) is 2.25. The lowest BCUT2D eigenvalue weighted by Gasteiger charge is -2.09. The van der Waals surface area contributed by atoms with Crippen LogP contribution in [0.4, 0.5) is 17.2 Å². The summed E-state index contributed by atoms with van der Waals surface area (Å²) in [6, 6.07) is 9.76. The predicted molar refractivity (Wildman–Crippen MR) is 70.8 cm³/mol. The number of pyridine rings is 1. The molecule has 0 bridgehead atoms. The van der Waals surface area contributed by atoms with Crippen LogP contribution in [0.1, 0.15) is 5.56 Å². The van der Waals surface area contributed by atoms with Gasteiger partial charge in [0.15, 0.2) is 0 Å². The molecule has 0 aliphatic heterocycles. The molecule has 0 saturated carbocycles. The molecule has 4 heteroatoms. The van der Waals surface area contributed by atoms with Crippen molar-refractivity contribution in [2.45, 2.75) is 6.92 Å². The highest BCUT2D eigenvalue weighted by molar-refractivity contribution is 9.10. The summed E-state index contributed by atoms with van der Waals surface area (Å²) in [5.74, 6) is 0.787. The average molecular weight is 278 g/mol. The second kappa shape index (κ2) is 4.53. The van der Waals surface area contributed by atoms with Gasteiger partial charge in [-0.1, -0.05) is 22.0 Å². The molecular weight excluding hydrogens is 266 g/mol. The van der Waals surface area contributed by atoms with Gasteiger partial charge >= 0.3 is 0 Å². The maximum absolute atomic E-state index is 5.58. The van der Waals surface area contributed by atoms with E-state index in [1.165, 1.54) is 5.56 Å². The van der Waals surface area contributed by atoms with Crippen LogP contribution in [0.15, 0.2) is 41.0 Å². The lowest BCUT2D eigenvalue weighted by atomic mass is 10.2. The van der Waals surface area contributed by atoms with E-state index in [9.17, 15) is 0 Å². The fraction of sp³-hybridized carbons (Fsp3) is 0.0833. The summed E-state index contributed by atoms with van der Waals surface area (Å²) in [6.07, 6.45) is 1.63. The van der Waals surface area contributed by atoms with Gasteiger partial charge in [0.2, 0.25) is 0 Å². The van der Waals surface area contributed by atoms with Gasteiger partial charge in [0.1, 0.15) is 5.82 Å². The van der Waals surface area contributed by atoms with Crippen molar-refractivity contribution >= 4 is 33.1 Å². The van der Waals surface area contributed by atoms with Crippen LogP contribution in [0.3, 0.4) is 0 Å². The van der Waals surface area contributed by atoms with Gasteiger partial charge in [0, 0.05) is 10.2 Å². The van der Waals surface area contributed by atoms with Gasteiger partial charge in [-0.2, -0.15) is 0 Å². The second-order valence-electron chi connectivity index (χ2n) is 3.56. The third-order valence-corrected chi connectivity index (χ3v) is 2.74. The Morgan fingerprint density at radius 3 is 2.75 bits per heavy atom. The minimum atomic E-state index is 0.663. The van der Waals surface area contributed by atoms with Gasteiger partial charge in [-0.15, -0.1) is 0 Å². The number of rotatable bonds is 2. The van der Waals surface area contributed by atoms with Crippen LogP contribution in [0.25, 0.3) is 0 Å². The van der Waals surface area contributed by atoms with Gasteiger partial charge < -0.3 is 11.1 Å². The zero-order valence-corrected chi connectivity index (χ0v) is 10.5. The van der Waals surface area contributed by atoms with Crippen LogP contribution in [0, 0.1) is 6.92 Å². The van der Waals surface area contributed by atoms with Crippen LogP contribution in [0.5, 0.6) is 0 Å². The molecule has 1 aromatic carbocycles. The molecular formula is C12H12BrN3. The molecule has 0 fully saturated rings. The van der Waals surface area contributed by atoms with Crippen molar-refractivity contribution in [2.24, 2.45) is 0 Å². The molecule has 2 aromatic rings. The van der Waals surface area contributed by atoms with E-state index in [4.69, 9.17) is 5.73 Å². The minimum absolute atomic E-state index is 0.663. The summed E-state index contributed by atoms with van der Waals surface area (Å²) in [5, 5.41) is 3.24. The number of aromatic nitrogens is 1. The summed E-state index contributed by atoms with van der Waals surface area (Å²) >= 11 is 3.44. The third kappa shape index (κ3) is 2.52. The van der Waals surface area contributed by atoms with Crippen molar-refractivity contribution in [3.05, 3.63) is 46.6 Å². The summed E-state index contributed by atoms with van der Waals surface area (Å²) in [6.45, 7) is 2.05. The number of nitrogens with two attached hydrogens (primary N) is 1. The van der Waals surface area contributed by atoms with Crippen LogP contribution in [-0.4, -0.2) is 4.98 Å². The molecule has 0 atom stereocenters. The SMILES string of the molecule is Cc1ccc(Br)cc1Nc1ccc(N)cn1. The first-order chi connectivity index (χ1) is 7.65. The van der Waals surface area contributed by atoms with Gasteiger partial charge in [-0.25, -0.2) is 4.98 Å². The van der Waals surface area contributed by atoms with Gasteiger partial charge in [-0.3, -0.25) is 0 Å². The summed E-state index contributed by atoms with van der Waals surface area (Å²) in [4.78, 5) is 4.19. The quantitative estimate of drug-likeness (QED) is 0.884. The Kier molecular flexibility index (Phi) is 3.10. The molecule has 82 valence electrons. The van der Waals surface area contributed by atoms with Crippen molar-refractivity contribution in [3.8, 4) is 0 Å². The molecule has 2 rings (SSSR count). The molecule has 1 aromatic heterocycles. The van der Waals surface area contributed by atoms with E-state index in [1.807, 2.05) is 37.3 Å². The zero-order chi connectivity index (χ0) is 11.5. The predicted octanol–water partition coefficient (Wildman–Crippen LogP) is 3.48. The fourth-order valence-corrected chi connectivity index (χ4v) is 1.71. The number of benzene rings is 1.